The molecular formula is C13H18N6O2. The van der Waals surface area contributed by atoms with Crippen LogP contribution in [-0.4, -0.2) is 31.4 Å². The molecule has 1 atom stereocenters. The van der Waals surface area contributed by atoms with Crippen LogP contribution < -0.4 is 11.1 Å². The summed E-state index contributed by atoms with van der Waals surface area (Å²) in [5.74, 6) is -0.976. The Morgan fingerprint density at radius 1 is 1.43 bits per heavy atom. The Morgan fingerprint density at radius 2 is 2.14 bits per heavy atom. The minimum absolute atomic E-state index is 0.0500. The molecule has 8 nitrogen and oxygen atoms in total. The van der Waals surface area contributed by atoms with Gasteiger partial charge < -0.3 is 11.1 Å². The summed E-state index contributed by atoms with van der Waals surface area (Å²) in [6.07, 6.45) is 3.31. The van der Waals surface area contributed by atoms with Gasteiger partial charge in [-0.15, -0.1) is 0 Å². The third-order valence-corrected chi connectivity index (χ3v) is 3.09. The van der Waals surface area contributed by atoms with Crippen molar-refractivity contribution in [2.45, 2.75) is 33.4 Å². The van der Waals surface area contributed by atoms with Crippen molar-refractivity contribution in [1.29, 1.82) is 0 Å². The average Bonchev–Trinajstić information content (AvgIpc) is 3.04. The molecule has 8 heteroatoms. The van der Waals surface area contributed by atoms with E-state index in [-0.39, 0.29) is 11.6 Å². The third kappa shape index (κ3) is 3.10. The van der Waals surface area contributed by atoms with Crippen LogP contribution in [0.25, 0.3) is 0 Å². The summed E-state index contributed by atoms with van der Waals surface area (Å²) in [4.78, 5) is 23.6. The minimum Gasteiger partial charge on any atom is -0.364 e. The van der Waals surface area contributed by atoms with Gasteiger partial charge in [-0.1, -0.05) is 0 Å². The number of aryl methyl sites for hydroxylation is 2. The number of carbonyl (C=O) groups excluding carboxylic acids is 2. The quantitative estimate of drug-likeness (QED) is 0.845. The molecule has 21 heavy (non-hydrogen) atoms. The highest BCUT2D eigenvalue weighted by Crippen LogP contribution is 2.16. The molecule has 112 valence electrons. The number of anilines is 1. The lowest BCUT2D eigenvalue weighted by Crippen LogP contribution is -2.25. The predicted octanol–water partition coefficient (Wildman–Crippen LogP) is 0.707. The second-order valence-corrected chi connectivity index (χ2v) is 4.71. The Labute approximate surface area is 121 Å². The maximum Gasteiger partial charge on any atom is 0.271 e. The molecule has 0 saturated heterocycles. The smallest absolute Gasteiger partial charge is 0.271 e. The Morgan fingerprint density at radius 3 is 2.67 bits per heavy atom. The fourth-order valence-corrected chi connectivity index (χ4v) is 1.86. The first-order chi connectivity index (χ1) is 9.92. The summed E-state index contributed by atoms with van der Waals surface area (Å²) in [6.45, 7) is 6.01. The second-order valence-electron chi connectivity index (χ2n) is 4.71. The molecule has 0 aliphatic carbocycles. The Hall–Kier alpha value is -2.64. The van der Waals surface area contributed by atoms with Crippen LogP contribution in [0.4, 0.5) is 5.69 Å². The standard InChI is InChI=1S/C13H18N6O2/c1-4-18-7-10(11(17-18)12(14)20)15-13(21)9(3)19-6-5-8(2)16-19/h5-7,9H,4H2,1-3H3,(H2,14,20)(H,15,21). The van der Waals surface area contributed by atoms with Crippen LogP contribution in [0, 0.1) is 6.92 Å². The molecule has 2 heterocycles. The highest BCUT2D eigenvalue weighted by Gasteiger charge is 2.20. The van der Waals surface area contributed by atoms with E-state index in [1.165, 1.54) is 0 Å². The van der Waals surface area contributed by atoms with Crippen LogP contribution in [0.3, 0.4) is 0 Å². The van der Waals surface area contributed by atoms with E-state index in [1.807, 2.05) is 19.9 Å². The molecule has 0 saturated carbocycles. The van der Waals surface area contributed by atoms with Crippen LogP contribution in [0.2, 0.25) is 0 Å². The van der Waals surface area contributed by atoms with Crippen LogP contribution in [-0.2, 0) is 11.3 Å². The van der Waals surface area contributed by atoms with E-state index in [1.54, 1.807) is 28.7 Å². The average molecular weight is 290 g/mol. The second kappa shape index (κ2) is 5.78. The van der Waals surface area contributed by atoms with Crippen molar-refractivity contribution < 1.29 is 9.59 Å². The van der Waals surface area contributed by atoms with E-state index in [4.69, 9.17) is 5.73 Å². The SMILES string of the molecule is CCn1cc(NC(=O)C(C)n2ccc(C)n2)c(C(N)=O)n1. The molecule has 0 aliphatic rings. The van der Waals surface area contributed by atoms with Crippen molar-refractivity contribution >= 4 is 17.5 Å². The summed E-state index contributed by atoms with van der Waals surface area (Å²) in [5.41, 5.74) is 6.45. The Balaban J connectivity index is 2.19. The van der Waals surface area contributed by atoms with Gasteiger partial charge in [0.2, 0.25) is 5.91 Å². The van der Waals surface area contributed by atoms with Gasteiger partial charge >= 0.3 is 0 Å². The van der Waals surface area contributed by atoms with Crippen molar-refractivity contribution in [3.05, 3.63) is 29.8 Å². The molecule has 0 spiro atoms. The lowest BCUT2D eigenvalue weighted by atomic mass is 10.3. The van der Waals surface area contributed by atoms with Crippen molar-refractivity contribution in [2.24, 2.45) is 5.73 Å². The molecular weight excluding hydrogens is 272 g/mol. The summed E-state index contributed by atoms with van der Waals surface area (Å²) >= 11 is 0. The zero-order chi connectivity index (χ0) is 15.6. The molecule has 0 aliphatic heterocycles. The summed E-state index contributed by atoms with van der Waals surface area (Å²) in [6, 6.07) is 1.30. The Bertz CT molecular complexity index is 672. The number of nitrogens with zero attached hydrogens (tertiary/aromatic N) is 4. The molecule has 0 fully saturated rings. The Kier molecular flexibility index (Phi) is 4.06. The van der Waals surface area contributed by atoms with Gasteiger partial charge in [0.15, 0.2) is 5.69 Å². The summed E-state index contributed by atoms with van der Waals surface area (Å²) in [5, 5.41) is 10.9. The number of hydrogen-bond acceptors (Lipinski definition) is 4. The minimum atomic E-state index is -0.680. The molecule has 2 amide bonds. The lowest BCUT2D eigenvalue weighted by molar-refractivity contribution is -0.119. The molecule has 2 rings (SSSR count). The first kappa shape index (κ1) is 14.8. The normalized spacial score (nSPS) is 12.1. The highest BCUT2D eigenvalue weighted by molar-refractivity contribution is 6.02. The number of carbonyl (C=O) groups is 2. The number of nitrogens with two attached hydrogens (primary N) is 1. The summed E-state index contributed by atoms with van der Waals surface area (Å²) < 4.78 is 3.09. The fraction of sp³-hybridized carbons (Fsp3) is 0.385. The van der Waals surface area contributed by atoms with Gasteiger partial charge in [-0.25, -0.2) is 0 Å². The van der Waals surface area contributed by atoms with E-state index in [2.05, 4.69) is 15.5 Å². The van der Waals surface area contributed by atoms with Gasteiger partial charge in [0.05, 0.1) is 11.4 Å². The van der Waals surface area contributed by atoms with Gasteiger partial charge in [-0.05, 0) is 26.8 Å². The highest BCUT2D eigenvalue weighted by atomic mass is 16.2. The first-order valence-corrected chi connectivity index (χ1v) is 6.62. The maximum atomic E-state index is 12.2. The van der Waals surface area contributed by atoms with Crippen molar-refractivity contribution in [1.82, 2.24) is 19.6 Å². The number of nitrogens with one attached hydrogen (secondary N) is 1. The molecule has 2 aromatic rings. The van der Waals surface area contributed by atoms with E-state index < -0.39 is 11.9 Å². The van der Waals surface area contributed by atoms with Gasteiger partial charge in [-0.2, -0.15) is 10.2 Å². The number of rotatable bonds is 5. The number of amides is 2. The van der Waals surface area contributed by atoms with Crippen LogP contribution in [0.1, 0.15) is 36.1 Å². The lowest BCUT2D eigenvalue weighted by Gasteiger charge is -2.12. The molecule has 2 aromatic heterocycles. The number of hydrogen-bond donors (Lipinski definition) is 2. The third-order valence-electron chi connectivity index (χ3n) is 3.09. The van der Waals surface area contributed by atoms with Gasteiger partial charge in [0.25, 0.3) is 5.91 Å². The van der Waals surface area contributed by atoms with Crippen molar-refractivity contribution in [2.75, 3.05) is 5.32 Å². The van der Waals surface area contributed by atoms with Gasteiger partial charge in [-0.3, -0.25) is 19.0 Å². The fourth-order valence-electron chi connectivity index (χ4n) is 1.86. The maximum absolute atomic E-state index is 12.2. The molecule has 1 unspecified atom stereocenters. The zero-order valence-electron chi connectivity index (χ0n) is 12.2. The molecule has 0 bridgehead atoms. The summed E-state index contributed by atoms with van der Waals surface area (Å²) in [7, 11) is 0. The predicted molar refractivity (Wildman–Crippen MR) is 76.7 cm³/mol. The van der Waals surface area contributed by atoms with E-state index in [0.29, 0.717) is 12.2 Å². The molecule has 0 radical (unpaired) electrons. The van der Waals surface area contributed by atoms with Crippen LogP contribution in [0.5, 0.6) is 0 Å². The zero-order valence-corrected chi connectivity index (χ0v) is 12.2. The van der Waals surface area contributed by atoms with E-state index >= 15 is 0 Å². The van der Waals surface area contributed by atoms with Crippen LogP contribution in [0.15, 0.2) is 18.5 Å². The van der Waals surface area contributed by atoms with Crippen molar-refractivity contribution in [3.8, 4) is 0 Å². The number of primary amides is 1. The van der Waals surface area contributed by atoms with Crippen molar-refractivity contribution in [3.63, 3.8) is 0 Å². The van der Waals surface area contributed by atoms with E-state index in [0.717, 1.165) is 5.69 Å². The monoisotopic (exact) mass is 290 g/mol. The number of aromatic nitrogens is 4. The largest absolute Gasteiger partial charge is 0.364 e. The molecule has 3 N–H and O–H groups in total. The van der Waals surface area contributed by atoms with Gasteiger partial charge in [0, 0.05) is 18.9 Å². The van der Waals surface area contributed by atoms with Crippen LogP contribution >= 0.6 is 0 Å². The van der Waals surface area contributed by atoms with Gasteiger partial charge in [0.1, 0.15) is 6.04 Å². The first-order valence-electron chi connectivity index (χ1n) is 6.62. The van der Waals surface area contributed by atoms with E-state index in [9.17, 15) is 9.59 Å². The topological polar surface area (TPSA) is 108 Å². The molecule has 0 aromatic carbocycles.